The van der Waals surface area contributed by atoms with Crippen LogP contribution in [0.15, 0.2) is 41.4 Å². The van der Waals surface area contributed by atoms with E-state index < -0.39 is 0 Å². The lowest BCUT2D eigenvalue weighted by atomic mass is 10.2. The number of thioether (sulfide) groups is 1. The number of hydrogen-bond donors (Lipinski definition) is 1. The topological polar surface area (TPSA) is 48.7 Å². The molecule has 0 saturated heterocycles. The van der Waals surface area contributed by atoms with Crippen molar-refractivity contribution in [3.8, 4) is 6.07 Å². The molecule has 0 aliphatic heterocycles. The van der Waals surface area contributed by atoms with Crippen LogP contribution in [0.3, 0.4) is 0 Å². The summed E-state index contributed by atoms with van der Waals surface area (Å²) in [6.07, 6.45) is 3.73. The summed E-state index contributed by atoms with van der Waals surface area (Å²) in [5, 5.41) is 12.5. The minimum absolute atomic E-state index is 0.672. The number of anilines is 2. The highest BCUT2D eigenvalue weighted by molar-refractivity contribution is 7.98. The maximum atomic E-state index is 9.23. The van der Waals surface area contributed by atoms with Gasteiger partial charge >= 0.3 is 0 Å². The third-order valence-electron chi connectivity index (χ3n) is 2.55. The molecule has 0 amide bonds. The average molecular weight is 255 g/mol. The van der Waals surface area contributed by atoms with Crippen LogP contribution in [0.5, 0.6) is 0 Å². The minimum atomic E-state index is 0.672. The zero-order valence-corrected chi connectivity index (χ0v) is 11.1. The van der Waals surface area contributed by atoms with Gasteiger partial charge in [0.2, 0.25) is 0 Å². The zero-order valence-electron chi connectivity index (χ0n) is 10.3. The second-order valence-corrected chi connectivity index (χ2v) is 4.66. The molecule has 0 saturated carbocycles. The van der Waals surface area contributed by atoms with Gasteiger partial charge in [-0.1, -0.05) is 6.07 Å². The van der Waals surface area contributed by atoms with Crippen LogP contribution in [0.2, 0.25) is 0 Å². The van der Waals surface area contributed by atoms with Crippen molar-refractivity contribution in [3.05, 3.63) is 47.8 Å². The van der Waals surface area contributed by atoms with Gasteiger partial charge in [-0.2, -0.15) is 5.26 Å². The van der Waals surface area contributed by atoms with Crippen LogP contribution >= 0.6 is 11.8 Å². The lowest BCUT2D eigenvalue weighted by Gasteiger charge is -2.10. The Morgan fingerprint density at radius 2 is 2.11 bits per heavy atom. The Balaban J connectivity index is 2.35. The molecule has 0 aliphatic carbocycles. The number of nitriles is 1. The Morgan fingerprint density at radius 3 is 2.72 bits per heavy atom. The smallest absolute Gasteiger partial charge is 0.103 e. The van der Waals surface area contributed by atoms with Gasteiger partial charge in [0.15, 0.2) is 0 Å². The van der Waals surface area contributed by atoms with Crippen LogP contribution in [-0.2, 0) is 0 Å². The van der Waals surface area contributed by atoms with E-state index in [2.05, 4.69) is 16.4 Å². The Morgan fingerprint density at radius 1 is 1.28 bits per heavy atom. The fourth-order valence-corrected chi connectivity index (χ4v) is 2.19. The summed E-state index contributed by atoms with van der Waals surface area (Å²) in [5.41, 5.74) is 3.34. The van der Waals surface area contributed by atoms with Gasteiger partial charge in [-0.3, -0.25) is 4.98 Å². The van der Waals surface area contributed by atoms with Gasteiger partial charge in [0.25, 0.3) is 0 Å². The molecule has 90 valence electrons. The van der Waals surface area contributed by atoms with Gasteiger partial charge in [0.05, 0.1) is 23.1 Å². The number of nitrogens with zero attached hydrogens (tertiary/aromatic N) is 2. The van der Waals surface area contributed by atoms with E-state index in [0.29, 0.717) is 5.56 Å². The predicted octanol–water partition coefficient (Wildman–Crippen LogP) is 3.73. The zero-order chi connectivity index (χ0) is 13.0. The first-order valence-electron chi connectivity index (χ1n) is 5.51. The van der Waals surface area contributed by atoms with Crippen molar-refractivity contribution in [2.75, 3.05) is 11.6 Å². The van der Waals surface area contributed by atoms with E-state index in [1.54, 1.807) is 18.0 Å². The van der Waals surface area contributed by atoms with Gasteiger partial charge in [0.1, 0.15) is 6.07 Å². The van der Waals surface area contributed by atoms with Crippen LogP contribution < -0.4 is 5.32 Å². The molecule has 0 radical (unpaired) electrons. The Bertz CT molecular complexity index is 585. The van der Waals surface area contributed by atoms with Crippen molar-refractivity contribution < 1.29 is 0 Å². The Labute approximate surface area is 111 Å². The van der Waals surface area contributed by atoms with Crippen molar-refractivity contribution in [3.63, 3.8) is 0 Å². The average Bonchev–Trinajstić information content (AvgIpc) is 2.41. The van der Waals surface area contributed by atoms with E-state index in [4.69, 9.17) is 0 Å². The molecule has 2 rings (SSSR count). The first-order valence-corrected chi connectivity index (χ1v) is 6.74. The van der Waals surface area contributed by atoms with Crippen molar-refractivity contribution in [2.24, 2.45) is 0 Å². The Kier molecular flexibility index (Phi) is 3.85. The second kappa shape index (κ2) is 5.56. The molecule has 1 aromatic heterocycles. The molecule has 1 aromatic carbocycles. The molecular weight excluding hydrogens is 242 g/mol. The number of nitrogens with one attached hydrogen (secondary N) is 1. The van der Waals surface area contributed by atoms with Gasteiger partial charge < -0.3 is 5.32 Å². The summed E-state index contributed by atoms with van der Waals surface area (Å²) < 4.78 is 0. The molecule has 1 N–H and O–H groups in total. The lowest BCUT2D eigenvalue weighted by molar-refractivity contribution is 1.20. The van der Waals surface area contributed by atoms with E-state index in [1.807, 2.05) is 43.5 Å². The summed E-state index contributed by atoms with van der Waals surface area (Å²) in [6.45, 7) is 1.94. The monoisotopic (exact) mass is 255 g/mol. The summed E-state index contributed by atoms with van der Waals surface area (Å²) in [4.78, 5) is 5.20. The van der Waals surface area contributed by atoms with E-state index in [0.717, 1.165) is 22.0 Å². The van der Waals surface area contributed by atoms with E-state index in [1.165, 1.54) is 0 Å². The van der Waals surface area contributed by atoms with E-state index >= 15 is 0 Å². The van der Waals surface area contributed by atoms with Crippen LogP contribution in [0.4, 0.5) is 11.4 Å². The highest BCUT2D eigenvalue weighted by Gasteiger charge is 2.07. The fraction of sp³-hybridized carbons (Fsp3) is 0.143. The molecule has 0 bridgehead atoms. The molecule has 0 unspecified atom stereocenters. The van der Waals surface area contributed by atoms with Gasteiger partial charge in [-0.05, 0) is 37.4 Å². The highest BCUT2D eigenvalue weighted by Crippen LogP contribution is 2.28. The van der Waals surface area contributed by atoms with Gasteiger partial charge in [-0.25, -0.2) is 0 Å². The molecule has 3 nitrogen and oxygen atoms in total. The Hall–Kier alpha value is -1.99. The SMILES string of the molecule is CSc1cccc(Nc2ccc(C)nc2)c1C#N. The number of pyridine rings is 1. The molecule has 2 aromatic rings. The largest absolute Gasteiger partial charge is 0.353 e. The summed E-state index contributed by atoms with van der Waals surface area (Å²) in [5.74, 6) is 0. The molecule has 18 heavy (non-hydrogen) atoms. The van der Waals surface area contributed by atoms with Gasteiger partial charge in [-0.15, -0.1) is 11.8 Å². The summed E-state index contributed by atoms with van der Waals surface area (Å²) in [7, 11) is 0. The van der Waals surface area contributed by atoms with E-state index in [9.17, 15) is 5.26 Å². The molecular formula is C14H13N3S. The first-order chi connectivity index (χ1) is 8.74. The standard InChI is InChI=1S/C14H13N3S/c1-10-6-7-11(9-16-10)17-13-4-3-5-14(18-2)12(13)8-15/h3-7,9,17H,1-2H3. The highest BCUT2D eigenvalue weighted by atomic mass is 32.2. The third-order valence-corrected chi connectivity index (χ3v) is 3.33. The molecule has 4 heteroatoms. The molecule has 1 heterocycles. The number of hydrogen-bond acceptors (Lipinski definition) is 4. The maximum Gasteiger partial charge on any atom is 0.103 e. The maximum absolute atomic E-state index is 9.23. The predicted molar refractivity (Wildman–Crippen MR) is 75.2 cm³/mol. The van der Waals surface area contributed by atoms with Gasteiger partial charge in [0, 0.05) is 10.6 Å². The van der Waals surface area contributed by atoms with Crippen LogP contribution in [0, 0.1) is 18.3 Å². The fourth-order valence-electron chi connectivity index (χ4n) is 1.62. The van der Waals surface area contributed by atoms with Crippen molar-refractivity contribution >= 4 is 23.1 Å². The second-order valence-electron chi connectivity index (χ2n) is 3.81. The summed E-state index contributed by atoms with van der Waals surface area (Å²) in [6, 6.07) is 11.9. The molecule has 0 atom stereocenters. The van der Waals surface area contributed by atoms with Crippen LogP contribution in [0.1, 0.15) is 11.3 Å². The molecule has 0 spiro atoms. The number of aromatic nitrogens is 1. The number of rotatable bonds is 3. The van der Waals surface area contributed by atoms with E-state index in [-0.39, 0.29) is 0 Å². The number of aryl methyl sites for hydroxylation is 1. The van der Waals surface area contributed by atoms with Crippen molar-refractivity contribution in [2.45, 2.75) is 11.8 Å². The summed E-state index contributed by atoms with van der Waals surface area (Å²) >= 11 is 1.57. The third kappa shape index (κ3) is 2.63. The van der Waals surface area contributed by atoms with Crippen LogP contribution in [0.25, 0.3) is 0 Å². The molecule has 0 fully saturated rings. The van der Waals surface area contributed by atoms with Crippen molar-refractivity contribution in [1.29, 1.82) is 5.26 Å². The number of benzene rings is 1. The quantitative estimate of drug-likeness (QED) is 0.849. The first kappa shape index (κ1) is 12.5. The van der Waals surface area contributed by atoms with Crippen molar-refractivity contribution in [1.82, 2.24) is 4.98 Å². The van der Waals surface area contributed by atoms with Crippen LogP contribution in [-0.4, -0.2) is 11.2 Å². The minimum Gasteiger partial charge on any atom is -0.353 e. The lowest BCUT2D eigenvalue weighted by Crippen LogP contribution is -1.95. The molecule has 0 aliphatic rings. The normalized spacial score (nSPS) is 9.83.